The summed E-state index contributed by atoms with van der Waals surface area (Å²) >= 11 is 0. The van der Waals surface area contributed by atoms with Gasteiger partial charge in [0.15, 0.2) is 0 Å². The predicted molar refractivity (Wildman–Crippen MR) is 69.6 cm³/mol. The number of halogens is 3. The largest absolute Gasteiger partial charge is 0.463 e. The molecule has 0 radical (unpaired) electrons. The summed E-state index contributed by atoms with van der Waals surface area (Å²) < 4.78 is 44.3. The minimum atomic E-state index is -5.20. The van der Waals surface area contributed by atoms with Crippen molar-refractivity contribution in [2.75, 3.05) is 6.61 Å². The number of aromatic amines is 1. The molecule has 0 fully saturated rings. The highest BCUT2D eigenvalue weighted by Gasteiger charge is 2.63. The van der Waals surface area contributed by atoms with Gasteiger partial charge < -0.3 is 14.8 Å². The van der Waals surface area contributed by atoms with E-state index in [2.05, 4.69) is 9.72 Å². The molecule has 7 heteroatoms. The number of alkyl halides is 3. The number of fused-ring (bicyclic) bond motifs is 1. The van der Waals surface area contributed by atoms with Crippen LogP contribution in [0, 0.1) is 6.92 Å². The molecule has 4 nitrogen and oxygen atoms in total. The van der Waals surface area contributed by atoms with Gasteiger partial charge in [0.1, 0.15) is 0 Å². The van der Waals surface area contributed by atoms with Gasteiger partial charge in [-0.15, -0.1) is 0 Å². The Labute approximate surface area is 118 Å². The Bertz CT molecular complexity index is 678. The van der Waals surface area contributed by atoms with E-state index in [1.807, 2.05) is 0 Å². The van der Waals surface area contributed by atoms with Crippen molar-refractivity contribution in [1.82, 2.24) is 4.98 Å². The first kappa shape index (κ1) is 15.4. The number of aliphatic hydroxyl groups is 1. The number of H-pyrrole nitrogens is 1. The highest BCUT2D eigenvalue weighted by Crippen LogP contribution is 2.42. The molecular formula is C14H14F3NO3. The standard InChI is InChI=1S/C14H14F3NO3/c1-3-21-12(19)13(20,14(15,16)17)10-7-18-11-5-4-8(2)6-9(10)11/h4-7,18,20H,3H2,1-2H3. The van der Waals surface area contributed by atoms with Crippen LogP contribution in [0.5, 0.6) is 0 Å². The fourth-order valence-corrected chi connectivity index (χ4v) is 2.15. The van der Waals surface area contributed by atoms with Crippen molar-refractivity contribution < 1.29 is 27.8 Å². The van der Waals surface area contributed by atoms with E-state index < -0.39 is 23.3 Å². The molecule has 0 saturated carbocycles. The molecule has 1 aromatic carbocycles. The van der Waals surface area contributed by atoms with Gasteiger partial charge in [-0.2, -0.15) is 13.2 Å². The van der Waals surface area contributed by atoms with Crippen LogP contribution in [-0.2, 0) is 15.1 Å². The van der Waals surface area contributed by atoms with Crippen molar-refractivity contribution >= 4 is 16.9 Å². The lowest BCUT2D eigenvalue weighted by molar-refractivity contribution is -0.267. The second kappa shape index (κ2) is 5.07. The van der Waals surface area contributed by atoms with Crippen molar-refractivity contribution in [3.05, 3.63) is 35.5 Å². The molecule has 21 heavy (non-hydrogen) atoms. The van der Waals surface area contributed by atoms with E-state index in [4.69, 9.17) is 0 Å². The Morgan fingerprint density at radius 2 is 2.05 bits per heavy atom. The van der Waals surface area contributed by atoms with Crippen molar-refractivity contribution in [1.29, 1.82) is 0 Å². The highest BCUT2D eigenvalue weighted by atomic mass is 19.4. The van der Waals surface area contributed by atoms with Crippen LogP contribution in [0.3, 0.4) is 0 Å². The van der Waals surface area contributed by atoms with Crippen LogP contribution in [0.15, 0.2) is 24.4 Å². The predicted octanol–water partition coefficient (Wildman–Crippen LogP) is 2.79. The molecule has 2 aromatic rings. The van der Waals surface area contributed by atoms with Gasteiger partial charge in [0.2, 0.25) is 0 Å². The lowest BCUT2D eigenvalue weighted by atomic mass is 9.92. The average Bonchev–Trinajstić information content (AvgIpc) is 2.79. The average molecular weight is 301 g/mol. The topological polar surface area (TPSA) is 62.3 Å². The van der Waals surface area contributed by atoms with Crippen molar-refractivity contribution in [2.24, 2.45) is 0 Å². The third-order valence-electron chi connectivity index (χ3n) is 3.21. The zero-order valence-corrected chi connectivity index (χ0v) is 11.4. The minimum absolute atomic E-state index is 0.128. The maximum atomic E-state index is 13.3. The number of benzene rings is 1. The van der Waals surface area contributed by atoms with Gasteiger partial charge >= 0.3 is 12.1 Å². The summed E-state index contributed by atoms with van der Waals surface area (Å²) in [5, 5.41) is 10.2. The summed E-state index contributed by atoms with van der Waals surface area (Å²) in [5.41, 5.74) is -3.17. The SMILES string of the molecule is CCOC(=O)C(O)(c1c[nH]c2ccc(C)cc12)C(F)(F)F. The van der Waals surface area contributed by atoms with Gasteiger partial charge in [0.05, 0.1) is 6.61 Å². The molecule has 1 aromatic heterocycles. The Balaban J connectivity index is 2.70. The number of ether oxygens (including phenoxy) is 1. The van der Waals surface area contributed by atoms with Gasteiger partial charge in [0, 0.05) is 22.7 Å². The van der Waals surface area contributed by atoms with E-state index >= 15 is 0 Å². The molecule has 0 aliphatic heterocycles. The van der Waals surface area contributed by atoms with Gasteiger partial charge in [-0.3, -0.25) is 0 Å². The van der Waals surface area contributed by atoms with Gasteiger partial charge in [-0.25, -0.2) is 4.79 Å². The first-order chi connectivity index (χ1) is 9.71. The summed E-state index contributed by atoms with van der Waals surface area (Å²) in [6.07, 6.45) is -4.22. The Kier molecular flexibility index (Phi) is 3.71. The number of hydrogen-bond donors (Lipinski definition) is 2. The number of aryl methyl sites for hydroxylation is 1. The highest BCUT2D eigenvalue weighted by molar-refractivity contribution is 5.92. The lowest BCUT2D eigenvalue weighted by Crippen LogP contribution is -2.50. The number of aromatic nitrogens is 1. The number of esters is 1. The number of rotatable bonds is 3. The van der Waals surface area contributed by atoms with Crippen LogP contribution in [0.1, 0.15) is 18.1 Å². The maximum absolute atomic E-state index is 13.3. The van der Waals surface area contributed by atoms with Gasteiger partial charge in [-0.1, -0.05) is 11.6 Å². The van der Waals surface area contributed by atoms with Crippen LogP contribution in [-0.4, -0.2) is 28.8 Å². The molecule has 2 rings (SSSR count). The smallest absolute Gasteiger partial charge is 0.432 e. The molecule has 0 aliphatic carbocycles. The monoisotopic (exact) mass is 301 g/mol. The molecule has 114 valence electrons. The number of carbonyl (C=O) groups is 1. The molecular weight excluding hydrogens is 287 g/mol. The van der Waals surface area contributed by atoms with E-state index in [0.717, 1.165) is 6.20 Å². The fourth-order valence-electron chi connectivity index (χ4n) is 2.15. The Morgan fingerprint density at radius 3 is 2.62 bits per heavy atom. The molecule has 0 bridgehead atoms. The zero-order valence-electron chi connectivity index (χ0n) is 11.4. The zero-order chi connectivity index (χ0) is 15.8. The van der Waals surface area contributed by atoms with E-state index in [0.29, 0.717) is 11.1 Å². The second-order valence-electron chi connectivity index (χ2n) is 4.68. The number of carbonyl (C=O) groups excluding carboxylic acids is 1. The molecule has 0 aliphatic rings. The first-order valence-electron chi connectivity index (χ1n) is 6.26. The summed E-state index contributed by atoms with van der Waals surface area (Å²) in [6.45, 7) is 2.81. The molecule has 1 heterocycles. The van der Waals surface area contributed by atoms with Gasteiger partial charge in [0.25, 0.3) is 5.60 Å². The summed E-state index contributed by atoms with van der Waals surface area (Å²) in [6, 6.07) is 4.76. The molecule has 2 N–H and O–H groups in total. The second-order valence-corrected chi connectivity index (χ2v) is 4.68. The first-order valence-corrected chi connectivity index (χ1v) is 6.26. The summed E-state index contributed by atoms with van der Waals surface area (Å²) in [7, 11) is 0. The number of nitrogens with one attached hydrogen (secondary N) is 1. The van der Waals surface area contributed by atoms with E-state index in [9.17, 15) is 23.1 Å². The third-order valence-corrected chi connectivity index (χ3v) is 3.21. The maximum Gasteiger partial charge on any atom is 0.432 e. The molecule has 0 spiro atoms. The molecule has 1 unspecified atom stereocenters. The van der Waals surface area contributed by atoms with Gasteiger partial charge in [-0.05, 0) is 26.0 Å². The molecule has 0 amide bonds. The molecule has 0 saturated heterocycles. The van der Waals surface area contributed by atoms with Crippen LogP contribution in [0.25, 0.3) is 10.9 Å². The normalized spacial score (nSPS) is 15.0. The van der Waals surface area contributed by atoms with Crippen LogP contribution in [0.4, 0.5) is 13.2 Å². The van der Waals surface area contributed by atoms with E-state index in [-0.39, 0.29) is 12.0 Å². The quantitative estimate of drug-likeness (QED) is 0.857. The Hall–Kier alpha value is -2.02. The Morgan fingerprint density at radius 1 is 1.38 bits per heavy atom. The summed E-state index contributed by atoms with van der Waals surface area (Å²) in [5.74, 6) is -1.74. The molecule has 1 atom stereocenters. The third kappa shape index (κ3) is 2.37. The van der Waals surface area contributed by atoms with Crippen molar-refractivity contribution in [3.8, 4) is 0 Å². The van der Waals surface area contributed by atoms with Crippen LogP contribution >= 0.6 is 0 Å². The van der Waals surface area contributed by atoms with Crippen molar-refractivity contribution in [2.45, 2.75) is 25.6 Å². The number of hydrogen-bond acceptors (Lipinski definition) is 3. The van der Waals surface area contributed by atoms with E-state index in [1.54, 1.807) is 19.1 Å². The van der Waals surface area contributed by atoms with Crippen LogP contribution in [0.2, 0.25) is 0 Å². The lowest BCUT2D eigenvalue weighted by Gasteiger charge is -2.27. The fraction of sp³-hybridized carbons (Fsp3) is 0.357. The van der Waals surface area contributed by atoms with Crippen molar-refractivity contribution in [3.63, 3.8) is 0 Å². The van der Waals surface area contributed by atoms with E-state index in [1.165, 1.54) is 13.0 Å². The van der Waals surface area contributed by atoms with Crippen LogP contribution < -0.4 is 0 Å². The minimum Gasteiger partial charge on any atom is -0.463 e. The summed E-state index contributed by atoms with van der Waals surface area (Å²) in [4.78, 5) is 14.4.